The second kappa shape index (κ2) is 11.4. The number of pyridine rings is 1. The fourth-order valence-corrected chi connectivity index (χ4v) is 5.62. The SMILES string of the molecule is CC(C)=Cc1c(C(=O)N2CCNCC2)cc(-c2nc(-c3ccc(Cl)cc3)cs2)c(=O)n1-c1cc(F)ccc1Cl. The first kappa shape index (κ1) is 27.3. The molecule has 2 aromatic heterocycles. The Hall–Kier alpha value is -3.30. The molecular formula is C29H25Cl2FN4O2S. The Morgan fingerprint density at radius 1 is 1.08 bits per heavy atom. The molecule has 10 heteroatoms. The van der Waals surface area contributed by atoms with Gasteiger partial charge in [-0.1, -0.05) is 40.9 Å². The monoisotopic (exact) mass is 582 g/mol. The molecule has 0 unspecified atom stereocenters. The van der Waals surface area contributed by atoms with Crippen LogP contribution in [0.25, 0.3) is 33.6 Å². The minimum atomic E-state index is -0.552. The number of allylic oxidation sites excluding steroid dienone is 1. The smallest absolute Gasteiger partial charge is 0.265 e. The van der Waals surface area contributed by atoms with Crippen molar-refractivity contribution in [2.75, 3.05) is 26.2 Å². The normalized spacial score (nSPS) is 13.4. The van der Waals surface area contributed by atoms with E-state index in [9.17, 15) is 14.0 Å². The van der Waals surface area contributed by atoms with Crippen molar-refractivity contribution in [1.29, 1.82) is 0 Å². The van der Waals surface area contributed by atoms with Gasteiger partial charge >= 0.3 is 0 Å². The van der Waals surface area contributed by atoms with E-state index >= 15 is 0 Å². The number of piperazine rings is 1. The first-order chi connectivity index (χ1) is 18.7. The molecule has 0 bridgehead atoms. The lowest BCUT2D eigenvalue weighted by Gasteiger charge is -2.29. The van der Waals surface area contributed by atoms with Crippen LogP contribution in [0.4, 0.5) is 4.39 Å². The molecule has 1 saturated heterocycles. The van der Waals surface area contributed by atoms with Crippen molar-refractivity contribution < 1.29 is 9.18 Å². The molecule has 6 nitrogen and oxygen atoms in total. The molecule has 39 heavy (non-hydrogen) atoms. The van der Waals surface area contributed by atoms with E-state index in [2.05, 4.69) is 5.32 Å². The highest BCUT2D eigenvalue weighted by Crippen LogP contribution is 2.32. The summed E-state index contributed by atoms with van der Waals surface area (Å²) in [4.78, 5) is 34.5. The van der Waals surface area contributed by atoms with Gasteiger partial charge in [0.15, 0.2) is 0 Å². The van der Waals surface area contributed by atoms with E-state index in [-0.39, 0.29) is 22.2 Å². The molecule has 1 aliphatic heterocycles. The molecule has 2 aromatic carbocycles. The number of hydrogen-bond acceptors (Lipinski definition) is 5. The third kappa shape index (κ3) is 5.70. The second-order valence-corrected chi connectivity index (χ2v) is 11.1. The maximum absolute atomic E-state index is 14.5. The first-order valence-corrected chi connectivity index (χ1v) is 14.0. The average molecular weight is 584 g/mol. The maximum atomic E-state index is 14.5. The van der Waals surface area contributed by atoms with Crippen molar-refractivity contribution in [3.63, 3.8) is 0 Å². The minimum Gasteiger partial charge on any atom is -0.336 e. The van der Waals surface area contributed by atoms with Crippen LogP contribution in [0.3, 0.4) is 0 Å². The van der Waals surface area contributed by atoms with Gasteiger partial charge in [-0.25, -0.2) is 9.37 Å². The molecule has 4 aromatic rings. The Labute approximate surface area is 239 Å². The highest BCUT2D eigenvalue weighted by Gasteiger charge is 2.27. The fraction of sp³-hybridized carbons (Fsp3) is 0.207. The van der Waals surface area contributed by atoms with Crippen LogP contribution in [0.1, 0.15) is 29.9 Å². The molecule has 1 fully saturated rings. The lowest BCUT2D eigenvalue weighted by molar-refractivity contribution is 0.0735. The predicted molar refractivity (Wildman–Crippen MR) is 157 cm³/mol. The van der Waals surface area contributed by atoms with Crippen LogP contribution < -0.4 is 10.9 Å². The number of halogens is 3. The van der Waals surface area contributed by atoms with Crippen molar-refractivity contribution in [3.8, 4) is 27.5 Å². The molecule has 3 heterocycles. The number of hydrogen-bond donors (Lipinski definition) is 1. The molecule has 200 valence electrons. The summed E-state index contributed by atoms with van der Waals surface area (Å²) < 4.78 is 15.8. The number of benzene rings is 2. The Balaban J connectivity index is 1.78. The molecule has 5 rings (SSSR count). The topological polar surface area (TPSA) is 67.2 Å². The van der Waals surface area contributed by atoms with Gasteiger partial charge in [-0.05, 0) is 56.3 Å². The highest BCUT2D eigenvalue weighted by atomic mass is 35.5. The van der Waals surface area contributed by atoms with Gasteiger partial charge in [-0.15, -0.1) is 11.3 Å². The van der Waals surface area contributed by atoms with Crippen LogP contribution >= 0.6 is 34.5 Å². The standard InChI is InChI=1S/C29H25Cl2FN4O2S/c1-17(2)13-25-21(28(37)35-11-9-33-10-12-35)15-22(29(38)36(25)26-14-20(32)7-8-23(26)31)27-34-24(16-39-27)18-3-5-19(30)6-4-18/h3-8,13-16,33H,9-12H2,1-2H3. The Morgan fingerprint density at radius 2 is 1.79 bits per heavy atom. The van der Waals surface area contributed by atoms with E-state index in [4.69, 9.17) is 28.2 Å². The lowest BCUT2D eigenvalue weighted by Crippen LogP contribution is -2.47. The van der Waals surface area contributed by atoms with Gasteiger partial charge in [0.05, 0.1) is 33.2 Å². The number of rotatable bonds is 5. The number of carbonyl (C=O) groups is 1. The van der Waals surface area contributed by atoms with Crippen molar-refractivity contribution in [3.05, 3.63) is 97.0 Å². The summed E-state index contributed by atoms with van der Waals surface area (Å²) in [6.07, 6.45) is 1.75. The zero-order valence-corrected chi connectivity index (χ0v) is 23.6. The molecule has 1 aliphatic rings. The summed E-state index contributed by atoms with van der Waals surface area (Å²) in [6.45, 7) is 6.13. The number of carbonyl (C=O) groups excluding carboxylic acids is 1. The largest absolute Gasteiger partial charge is 0.336 e. The van der Waals surface area contributed by atoms with Crippen LogP contribution in [-0.4, -0.2) is 46.5 Å². The third-order valence-corrected chi connectivity index (χ3v) is 7.77. The van der Waals surface area contributed by atoms with E-state index in [1.54, 1.807) is 29.2 Å². The number of nitrogens with one attached hydrogen (secondary N) is 1. The molecule has 0 aliphatic carbocycles. The zero-order valence-electron chi connectivity index (χ0n) is 21.3. The minimum absolute atomic E-state index is 0.153. The molecule has 1 amide bonds. The average Bonchev–Trinajstić information content (AvgIpc) is 3.41. The summed E-state index contributed by atoms with van der Waals surface area (Å²) >= 11 is 13.8. The van der Waals surface area contributed by atoms with E-state index in [0.29, 0.717) is 53.2 Å². The van der Waals surface area contributed by atoms with Crippen LogP contribution in [0.5, 0.6) is 0 Å². The highest BCUT2D eigenvalue weighted by molar-refractivity contribution is 7.13. The van der Waals surface area contributed by atoms with Crippen LogP contribution in [0.2, 0.25) is 10.0 Å². The van der Waals surface area contributed by atoms with E-state index in [1.165, 1.54) is 34.1 Å². The molecule has 0 atom stereocenters. The van der Waals surface area contributed by atoms with Gasteiger partial charge in [0.1, 0.15) is 10.8 Å². The van der Waals surface area contributed by atoms with Crippen molar-refractivity contribution in [1.82, 2.24) is 19.8 Å². The summed E-state index contributed by atoms with van der Waals surface area (Å²) in [6, 6.07) is 12.7. The molecular weight excluding hydrogens is 558 g/mol. The molecule has 1 N–H and O–H groups in total. The lowest BCUT2D eigenvalue weighted by atomic mass is 10.0. The van der Waals surface area contributed by atoms with Crippen molar-refractivity contribution in [2.24, 2.45) is 0 Å². The summed E-state index contributed by atoms with van der Waals surface area (Å²) in [5.41, 5.74) is 2.95. The maximum Gasteiger partial charge on any atom is 0.265 e. The fourth-order valence-electron chi connectivity index (χ4n) is 4.46. The zero-order chi connectivity index (χ0) is 27.7. The van der Waals surface area contributed by atoms with E-state index in [1.807, 2.05) is 31.4 Å². The van der Waals surface area contributed by atoms with E-state index in [0.717, 1.165) is 11.1 Å². The van der Waals surface area contributed by atoms with Gasteiger partial charge in [0.25, 0.3) is 11.5 Å². The van der Waals surface area contributed by atoms with Crippen LogP contribution in [0.15, 0.2) is 64.3 Å². The Kier molecular flexibility index (Phi) is 8.00. The Bertz CT molecular complexity index is 1640. The second-order valence-electron chi connectivity index (χ2n) is 9.40. The van der Waals surface area contributed by atoms with Gasteiger partial charge in [-0.2, -0.15) is 0 Å². The first-order valence-electron chi connectivity index (χ1n) is 12.3. The summed E-state index contributed by atoms with van der Waals surface area (Å²) in [7, 11) is 0. The quantitative estimate of drug-likeness (QED) is 0.290. The Morgan fingerprint density at radius 3 is 2.49 bits per heavy atom. The number of aromatic nitrogens is 2. The number of amides is 1. The molecule has 0 radical (unpaired) electrons. The summed E-state index contributed by atoms with van der Waals surface area (Å²) in [5.74, 6) is -0.773. The number of thiazole rings is 1. The third-order valence-electron chi connectivity index (χ3n) is 6.32. The van der Waals surface area contributed by atoms with Gasteiger partial charge in [-0.3, -0.25) is 14.2 Å². The predicted octanol–water partition coefficient (Wildman–Crippen LogP) is 6.54. The molecule has 0 saturated carbocycles. The van der Waals surface area contributed by atoms with Crippen LogP contribution in [-0.2, 0) is 0 Å². The van der Waals surface area contributed by atoms with E-state index < -0.39 is 11.4 Å². The number of nitrogens with zero attached hydrogens (tertiary/aromatic N) is 3. The van der Waals surface area contributed by atoms with Crippen molar-refractivity contribution >= 4 is 46.5 Å². The van der Waals surface area contributed by atoms with Crippen molar-refractivity contribution in [2.45, 2.75) is 13.8 Å². The molecule has 0 spiro atoms. The van der Waals surface area contributed by atoms with Crippen LogP contribution in [0, 0.1) is 5.82 Å². The van der Waals surface area contributed by atoms with Gasteiger partial charge in [0.2, 0.25) is 0 Å². The summed E-state index contributed by atoms with van der Waals surface area (Å²) in [5, 5.41) is 6.32. The van der Waals surface area contributed by atoms with Gasteiger partial charge in [0, 0.05) is 42.1 Å². The van der Waals surface area contributed by atoms with Gasteiger partial charge < -0.3 is 10.2 Å².